The molecule has 1 heterocycles. The van der Waals surface area contributed by atoms with E-state index in [1.54, 1.807) is 0 Å². The van der Waals surface area contributed by atoms with Crippen LogP contribution in [0, 0.1) is 5.41 Å². The lowest BCUT2D eigenvalue weighted by molar-refractivity contribution is 0.376. The monoisotopic (exact) mass is 214 g/mol. The van der Waals surface area contributed by atoms with E-state index in [9.17, 15) is 0 Å². The smallest absolute Gasteiger partial charge is 0.0702 e. The molecule has 0 amide bonds. The minimum atomic E-state index is 0.143. The Labute approximate surface area is 96.5 Å². The van der Waals surface area contributed by atoms with Crippen molar-refractivity contribution in [3.8, 4) is 0 Å². The second kappa shape index (κ2) is 4.22. The van der Waals surface area contributed by atoms with Crippen molar-refractivity contribution in [3.63, 3.8) is 0 Å². The molecule has 2 aromatic rings. The fraction of sp³-hybridized carbons (Fsp3) is 0.357. The van der Waals surface area contributed by atoms with Gasteiger partial charge in [0.1, 0.15) is 0 Å². The molecule has 84 valence electrons. The number of rotatable bonds is 3. The summed E-state index contributed by atoms with van der Waals surface area (Å²) in [5.41, 5.74) is 8.20. The van der Waals surface area contributed by atoms with E-state index in [0.717, 1.165) is 11.9 Å². The van der Waals surface area contributed by atoms with Gasteiger partial charge in [-0.1, -0.05) is 32.0 Å². The molecule has 2 rings (SSSR count). The van der Waals surface area contributed by atoms with Gasteiger partial charge in [0.2, 0.25) is 0 Å². The van der Waals surface area contributed by atoms with E-state index < -0.39 is 0 Å². The average molecular weight is 214 g/mol. The minimum Gasteiger partial charge on any atom is -0.330 e. The highest BCUT2D eigenvalue weighted by Crippen LogP contribution is 2.22. The predicted molar refractivity (Wildman–Crippen MR) is 68.3 cm³/mol. The molecule has 0 atom stereocenters. The Balaban J connectivity index is 2.33. The molecule has 1 aromatic heterocycles. The quantitative estimate of drug-likeness (QED) is 0.853. The number of para-hydroxylation sites is 1. The summed E-state index contributed by atoms with van der Waals surface area (Å²) in [6, 6.07) is 10.4. The molecule has 0 aliphatic carbocycles. The Morgan fingerprint density at radius 3 is 2.75 bits per heavy atom. The number of aromatic nitrogens is 1. The minimum absolute atomic E-state index is 0.143. The molecule has 0 saturated heterocycles. The Morgan fingerprint density at radius 1 is 1.25 bits per heavy atom. The number of benzene rings is 1. The van der Waals surface area contributed by atoms with Crippen LogP contribution in [0.15, 0.2) is 36.5 Å². The van der Waals surface area contributed by atoms with E-state index >= 15 is 0 Å². The van der Waals surface area contributed by atoms with Crippen LogP contribution in [0.3, 0.4) is 0 Å². The summed E-state index contributed by atoms with van der Waals surface area (Å²) in [6.45, 7) is 5.06. The lowest BCUT2D eigenvalue weighted by atomic mass is 9.86. The Hall–Kier alpha value is -1.41. The molecular formula is C14H18N2. The molecule has 2 N–H and O–H groups in total. The summed E-state index contributed by atoms with van der Waals surface area (Å²) in [4.78, 5) is 4.46. The van der Waals surface area contributed by atoms with Crippen LogP contribution >= 0.6 is 0 Å². The number of nitrogens with zero attached hydrogens (tertiary/aromatic N) is 1. The van der Waals surface area contributed by atoms with E-state index in [4.69, 9.17) is 5.73 Å². The highest BCUT2D eigenvalue weighted by molar-refractivity contribution is 5.78. The van der Waals surface area contributed by atoms with E-state index in [0.29, 0.717) is 6.54 Å². The van der Waals surface area contributed by atoms with Gasteiger partial charge in [0.25, 0.3) is 0 Å². The highest BCUT2D eigenvalue weighted by atomic mass is 14.7. The maximum Gasteiger partial charge on any atom is 0.0702 e. The lowest BCUT2D eigenvalue weighted by Gasteiger charge is -2.22. The van der Waals surface area contributed by atoms with Crippen LogP contribution in [-0.2, 0) is 6.42 Å². The Morgan fingerprint density at radius 2 is 2.00 bits per heavy atom. The molecule has 0 unspecified atom stereocenters. The Bertz CT molecular complexity index is 489. The second-order valence-electron chi connectivity index (χ2n) is 5.08. The molecule has 0 radical (unpaired) electrons. The SMILES string of the molecule is CC(C)(CN)Cc1cnc2ccccc2c1. The number of nitrogens with two attached hydrogens (primary N) is 1. The topological polar surface area (TPSA) is 38.9 Å². The van der Waals surface area contributed by atoms with Crippen molar-refractivity contribution in [2.24, 2.45) is 11.1 Å². The fourth-order valence-electron chi connectivity index (χ4n) is 1.84. The van der Waals surface area contributed by atoms with Crippen molar-refractivity contribution in [2.45, 2.75) is 20.3 Å². The molecule has 0 bridgehead atoms. The van der Waals surface area contributed by atoms with Gasteiger partial charge >= 0.3 is 0 Å². The number of hydrogen-bond acceptors (Lipinski definition) is 2. The van der Waals surface area contributed by atoms with Gasteiger partial charge in [-0.2, -0.15) is 0 Å². The predicted octanol–water partition coefficient (Wildman–Crippen LogP) is 2.76. The summed E-state index contributed by atoms with van der Waals surface area (Å²) >= 11 is 0. The molecular weight excluding hydrogens is 196 g/mol. The molecule has 2 nitrogen and oxygen atoms in total. The van der Waals surface area contributed by atoms with Gasteiger partial charge in [-0.3, -0.25) is 4.98 Å². The van der Waals surface area contributed by atoms with Gasteiger partial charge in [0.15, 0.2) is 0 Å². The highest BCUT2D eigenvalue weighted by Gasteiger charge is 2.16. The van der Waals surface area contributed by atoms with Crippen LogP contribution in [0.2, 0.25) is 0 Å². The molecule has 0 fully saturated rings. The number of fused-ring (bicyclic) bond motifs is 1. The standard InChI is InChI=1S/C14H18N2/c1-14(2,10-15)8-11-7-12-5-3-4-6-13(12)16-9-11/h3-7,9H,8,10,15H2,1-2H3. The first-order chi connectivity index (χ1) is 7.61. The maximum atomic E-state index is 5.75. The van der Waals surface area contributed by atoms with Crippen molar-refractivity contribution in [1.82, 2.24) is 4.98 Å². The molecule has 0 spiro atoms. The normalized spacial score (nSPS) is 11.9. The van der Waals surface area contributed by atoms with Gasteiger partial charge < -0.3 is 5.73 Å². The zero-order valence-corrected chi connectivity index (χ0v) is 9.90. The maximum absolute atomic E-state index is 5.75. The molecule has 1 aromatic carbocycles. The molecule has 2 heteroatoms. The average Bonchev–Trinajstić information content (AvgIpc) is 2.28. The van der Waals surface area contributed by atoms with Crippen LogP contribution in [0.5, 0.6) is 0 Å². The van der Waals surface area contributed by atoms with Gasteiger partial charge in [-0.25, -0.2) is 0 Å². The third-order valence-electron chi connectivity index (χ3n) is 2.88. The zero-order valence-electron chi connectivity index (χ0n) is 9.90. The first kappa shape index (κ1) is 11.1. The van der Waals surface area contributed by atoms with Gasteiger partial charge in [-0.15, -0.1) is 0 Å². The third-order valence-corrected chi connectivity index (χ3v) is 2.88. The third kappa shape index (κ3) is 2.39. The van der Waals surface area contributed by atoms with Crippen LogP contribution in [0.4, 0.5) is 0 Å². The van der Waals surface area contributed by atoms with Crippen molar-refractivity contribution in [1.29, 1.82) is 0 Å². The van der Waals surface area contributed by atoms with Gasteiger partial charge in [0.05, 0.1) is 5.52 Å². The van der Waals surface area contributed by atoms with Crippen LogP contribution in [0.25, 0.3) is 10.9 Å². The van der Waals surface area contributed by atoms with Crippen molar-refractivity contribution in [3.05, 3.63) is 42.1 Å². The largest absolute Gasteiger partial charge is 0.330 e. The first-order valence-corrected chi connectivity index (χ1v) is 5.64. The van der Waals surface area contributed by atoms with Crippen LogP contribution in [0.1, 0.15) is 19.4 Å². The van der Waals surface area contributed by atoms with E-state index in [-0.39, 0.29) is 5.41 Å². The lowest BCUT2D eigenvalue weighted by Crippen LogP contribution is -2.25. The van der Waals surface area contributed by atoms with E-state index in [1.807, 2.05) is 24.4 Å². The summed E-state index contributed by atoms with van der Waals surface area (Å²) in [5.74, 6) is 0. The van der Waals surface area contributed by atoms with E-state index in [1.165, 1.54) is 10.9 Å². The van der Waals surface area contributed by atoms with Gasteiger partial charge in [0, 0.05) is 11.6 Å². The zero-order chi connectivity index (χ0) is 11.6. The van der Waals surface area contributed by atoms with Crippen molar-refractivity contribution in [2.75, 3.05) is 6.54 Å². The molecule has 0 saturated carbocycles. The second-order valence-corrected chi connectivity index (χ2v) is 5.08. The summed E-state index contributed by atoms with van der Waals surface area (Å²) < 4.78 is 0. The van der Waals surface area contributed by atoms with Gasteiger partial charge in [-0.05, 0) is 36.1 Å². The number of pyridine rings is 1. The van der Waals surface area contributed by atoms with Crippen LogP contribution < -0.4 is 5.73 Å². The van der Waals surface area contributed by atoms with Crippen molar-refractivity contribution < 1.29 is 0 Å². The first-order valence-electron chi connectivity index (χ1n) is 5.64. The summed E-state index contributed by atoms with van der Waals surface area (Å²) in [7, 11) is 0. The fourth-order valence-corrected chi connectivity index (χ4v) is 1.84. The molecule has 0 aliphatic rings. The van der Waals surface area contributed by atoms with Crippen molar-refractivity contribution >= 4 is 10.9 Å². The summed E-state index contributed by atoms with van der Waals surface area (Å²) in [6.07, 6.45) is 2.93. The molecule has 16 heavy (non-hydrogen) atoms. The van der Waals surface area contributed by atoms with Crippen LogP contribution in [-0.4, -0.2) is 11.5 Å². The molecule has 0 aliphatic heterocycles. The number of hydrogen-bond donors (Lipinski definition) is 1. The Kier molecular flexibility index (Phi) is 2.92. The summed E-state index contributed by atoms with van der Waals surface area (Å²) in [5, 5.41) is 1.20. The van der Waals surface area contributed by atoms with E-state index in [2.05, 4.69) is 31.0 Å².